The van der Waals surface area contributed by atoms with Crippen LogP contribution in [-0.4, -0.2) is 12.6 Å². The van der Waals surface area contributed by atoms with E-state index in [9.17, 15) is 0 Å². The van der Waals surface area contributed by atoms with E-state index in [1.807, 2.05) is 42.3 Å². The maximum absolute atomic E-state index is 5.62. The number of para-hydroxylation sites is 1. The Morgan fingerprint density at radius 1 is 1.31 bits per heavy atom. The summed E-state index contributed by atoms with van der Waals surface area (Å²) in [6, 6.07) is 10.1. The monoisotopic (exact) mass is 175 g/mol. The highest BCUT2D eigenvalue weighted by Gasteiger charge is 2.11. The van der Waals surface area contributed by atoms with Gasteiger partial charge in [0.05, 0.1) is 12.2 Å². The zero-order chi connectivity index (χ0) is 9.10. The molecule has 0 saturated carbocycles. The van der Waals surface area contributed by atoms with E-state index >= 15 is 0 Å². The molecule has 1 aromatic rings. The van der Waals surface area contributed by atoms with Gasteiger partial charge in [-0.25, -0.2) is 5.06 Å². The van der Waals surface area contributed by atoms with Gasteiger partial charge in [0.15, 0.2) is 0 Å². The molecule has 0 unspecified atom stereocenters. The molecule has 0 amide bonds. The number of hydrogen-bond donors (Lipinski definition) is 0. The van der Waals surface area contributed by atoms with Gasteiger partial charge in [0.2, 0.25) is 0 Å². The molecule has 0 aliphatic carbocycles. The lowest BCUT2D eigenvalue weighted by atomic mass is 10.3. The van der Waals surface area contributed by atoms with Gasteiger partial charge in [-0.15, -0.1) is 0 Å². The highest BCUT2D eigenvalue weighted by atomic mass is 16.7. The predicted octanol–water partition coefficient (Wildman–Crippen LogP) is 2.38. The van der Waals surface area contributed by atoms with E-state index in [1.165, 1.54) is 0 Å². The molecule has 2 heteroatoms. The van der Waals surface area contributed by atoms with Gasteiger partial charge in [0.25, 0.3) is 0 Å². The van der Waals surface area contributed by atoms with Gasteiger partial charge in [0.1, 0.15) is 6.10 Å². The quantitative estimate of drug-likeness (QED) is 0.608. The van der Waals surface area contributed by atoms with Crippen LogP contribution in [0.4, 0.5) is 5.69 Å². The van der Waals surface area contributed by atoms with Crippen LogP contribution in [0.1, 0.15) is 6.92 Å². The Balaban J connectivity index is 2.15. The molecule has 1 aromatic carbocycles. The van der Waals surface area contributed by atoms with Gasteiger partial charge in [-0.2, -0.15) is 0 Å². The van der Waals surface area contributed by atoms with E-state index in [1.54, 1.807) is 0 Å². The first-order chi connectivity index (χ1) is 6.36. The molecule has 0 saturated heterocycles. The summed E-state index contributed by atoms with van der Waals surface area (Å²) in [6.45, 7) is 2.86. The molecule has 13 heavy (non-hydrogen) atoms. The summed E-state index contributed by atoms with van der Waals surface area (Å²) in [7, 11) is 0. The fraction of sp³-hybridized carbons (Fsp3) is 0.273. The fourth-order valence-electron chi connectivity index (χ4n) is 1.39. The maximum atomic E-state index is 5.62. The van der Waals surface area contributed by atoms with Gasteiger partial charge < -0.3 is 0 Å². The lowest BCUT2D eigenvalue weighted by Crippen LogP contribution is -2.31. The standard InChI is InChI=1S/C11H13NO/c1-10-6-5-9-12(13-10)11-7-3-2-4-8-11/h2-8,10H,9H2,1H3/t10-/m0/s1. The Kier molecular flexibility index (Phi) is 2.32. The van der Waals surface area contributed by atoms with Crippen molar-refractivity contribution in [2.75, 3.05) is 11.6 Å². The van der Waals surface area contributed by atoms with Crippen LogP contribution >= 0.6 is 0 Å². The lowest BCUT2D eigenvalue weighted by Gasteiger charge is -2.28. The van der Waals surface area contributed by atoms with Crippen LogP contribution in [-0.2, 0) is 4.84 Å². The van der Waals surface area contributed by atoms with Crippen molar-refractivity contribution >= 4 is 5.69 Å². The molecule has 1 atom stereocenters. The molecule has 2 nitrogen and oxygen atoms in total. The minimum atomic E-state index is 0.175. The zero-order valence-electron chi connectivity index (χ0n) is 7.68. The number of anilines is 1. The highest BCUT2D eigenvalue weighted by Crippen LogP contribution is 2.17. The van der Waals surface area contributed by atoms with Crippen molar-refractivity contribution in [3.8, 4) is 0 Å². The SMILES string of the molecule is C[C@H]1C=CCN(c2ccccc2)O1. The molecule has 0 fully saturated rings. The molecule has 0 aromatic heterocycles. The second-order valence-corrected chi connectivity index (χ2v) is 3.14. The van der Waals surface area contributed by atoms with E-state index in [0.717, 1.165) is 12.2 Å². The molecule has 2 rings (SSSR count). The highest BCUT2D eigenvalue weighted by molar-refractivity contribution is 5.44. The van der Waals surface area contributed by atoms with Crippen LogP contribution in [0.5, 0.6) is 0 Å². The number of benzene rings is 1. The molecular weight excluding hydrogens is 162 g/mol. The smallest absolute Gasteiger partial charge is 0.101 e. The van der Waals surface area contributed by atoms with Gasteiger partial charge in [-0.1, -0.05) is 30.4 Å². The molecule has 68 valence electrons. The second-order valence-electron chi connectivity index (χ2n) is 3.14. The first kappa shape index (κ1) is 8.32. The molecule has 1 aliphatic rings. The first-order valence-electron chi connectivity index (χ1n) is 4.52. The van der Waals surface area contributed by atoms with Crippen LogP contribution < -0.4 is 5.06 Å². The van der Waals surface area contributed by atoms with E-state index in [4.69, 9.17) is 4.84 Å². The summed E-state index contributed by atoms with van der Waals surface area (Å²) in [4.78, 5) is 5.62. The summed E-state index contributed by atoms with van der Waals surface area (Å²) < 4.78 is 0. The van der Waals surface area contributed by atoms with Crippen molar-refractivity contribution in [2.24, 2.45) is 0 Å². The van der Waals surface area contributed by atoms with Gasteiger partial charge in [-0.05, 0) is 19.1 Å². The second kappa shape index (κ2) is 3.62. The molecule has 0 spiro atoms. The van der Waals surface area contributed by atoms with Crippen molar-refractivity contribution < 1.29 is 4.84 Å². The van der Waals surface area contributed by atoms with Gasteiger partial charge in [-0.3, -0.25) is 4.84 Å². The van der Waals surface area contributed by atoms with Crippen LogP contribution in [0.2, 0.25) is 0 Å². The van der Waals surface area contributed by atoms with Crippen LogP contribution in [0.25, 0.3) is 0 Å². The van der Waals surface area contributed by atoms with Crippen molar-refractivity contribution in [1.82, 2.24) is 0 Å². The normalized spacial score (nSPS) is 21.9. The van der Waals surface area contributed by atoms with Crippen molar-refractivity contribution in [2.45, 2.75) is 13.0 Å². The Morgan fingerprint density at radius 3 is 2.77 bits per heavy atom. The molecule has 0 N–H and O–H groups in total. The van der Waals surface area contributed by atoms with Gasteiger partial charge >= 0.3 is 0 Å². The minimum Gasteiger partial charge on any atom is -0.266 e. The Morgan fingerprint density at radius 2 is 2.08 bits per heavy atom. The predicted molar refractivity (Wildman–Crippen MR) is 53.5 cm³/mol. The third kappa shape index (κ3) is 1.90. The topological polar surface area (TPSA) is 12.5 Å². The summed E-state index contributed by atoms with van der Waals surface area (Å²) in [5, 5.41) is 1.91. The lowest BCUT2D eigenvalue weighted by molar-refractivity contribution is 0.0705. The fourth-order valence-corrected chi connectivity index (χ4v) is 1.39. The maximum Gasteiger partial charge on any atom is 0.101 e. The van der Waals surface area contributed by atoms with E-state index in [-0.39, 0.29) is 6.10 Å². The minimum absolute atomic E-state index is 0.175. The van der Waals surface area contributed by atoms with Crippen LogP contribution in [0, 0.1) is 0 Å². The molecule has 1 aliphatic heterocycles. The summed E-state index contributed by atoms with van der Waals surface area (Å²) in [5.41, 5.74) is 1.11. The number of hydrogen-bond acceptors (Lipinski definition) is 2. The molecular formula is C11H13NO. The molecule has 1 heterocycles. The van der Waals surface area contributed by atoms with E-state index in [2.05, 4.69) is 12.2 Å². The Hall–Kier alpha value is -1.28. The Bertz CT molecular complexity index is 294. The van der Waals surface area contributed by atoms with Gasteiger partial charge in [0, 0.05) is 0 Å². The summed E-state index contributed by atoms with van der Waals surface area (Å²) in [5.74, 6) is 0. The number of rotatable bonds is 1. The Labute approximate surface area is 78.4 Å². The average Bonchev–Trinajstić information content (AvgIpc) is 2.19. The van der Waals surface area contributed by atoms with Crippen LogP contribution in [0.15, 0.2) is 42.5 Å². The van der Waals surface area contributed by atoms with E-state index in [0.29, 0.717) is 0 Å². The number of nitrogens with zero attached hydrogens (tertiary/aromatic N) is 1. The third-order valence-electron chi connectivity index (χ3n) is 2.02. The summed E-state index contributed by atoms with van der Waals surface area (Å²) >= 11 is 0. The molecule has 0 bridgehead atoms. The third-order valence-corrected chi connectivity index (χ3v) is 2.02. The van der Waals surface area contributed by atoms with Crippen molar-refractivity contribution in [3.63, 3.8) is 0 Å². The number of hydroxylamine groups is 1. The molecule has 0 radical (unpaired) electrons. The van der Waals surface area contributed by atoms with E-state index < -0.39 is 0 Å². The van der Waals surface area contributed by atoms with Crippen molar-refractivity contribution in [3.05, 3.63) is 42.5 Å². The van der Waals surface area contributed by atoms with Crippen LogP contribution in [0.3, 0.4) is 0 Å². The zero-order valence-corrected chi connectivity index (χ0v) is 7.68. The average molecular weight is 175 g/mol. The first-order valence-corrected chi connectivity index (χ1v) is 4.52. The largest absolute Gasteiger partial charge is 0.266 e. The van der Waals surface area contributed by atoms with Crippen molar-refractivity contribution in [1.29, 1.82) is 0 Å². The summed E-state index contributed by atoms with van der Waals surface area (Å²) in [6.07, 6.45) is 4.37.